The van der Waals surface area contributed by atoms with Crippen LogP contribution in [0.2, 0.25) is 0 Å². The van der Waals surface area contributed by atoms with Gasteiger partial charge in [0.15, 0.2) is 11.7 Å². The Balaban J connectivity index is 3.75. The van der Waals surface area contributed by atoms with Gasteiger partial charge >= 0.3 is 0 Å². The minimum Gasteiger partial charge on any atom is -0.495 e. The molecule has 0 aromatic heterocycles. The average Bonchev–Trinajstić information content (AvgIpc) is 1.65. The van der Waals surface area contributed by atoms with Crippen LogP contribution in [0.4, 0.5) is 0 Å². The molecule has 0 aliphatic heterocycles. The topological polar surface area (TPSA) is 49.3 Å². The molecule has 0 spiro atoms. The summed E-state index contributed by atoms with van der Waals surface area (Å²) in [5.41, 5.74) is 0. The van der Waals surface area contributed by atoms with Crippen LogP contribution < -0.4 is 5.32 Å². The van der Waals surface area contributed by atoms with Gasteiger partial charge in [0.1, 0.15) is 0 Å². The van der Waals surface area contributed by atoms with Crippen LogP contribution in [0.3, 0.4) is 0 Å². The number of carbonyl (C=O) groups excluding carboxylic acids is 1. The second-order valence-electron chi connectivity index (χ2n) is 1.39. The van der Waals surface area contributed by atoms with Crippen molar-refractivity contribution in [3.05, 3.63) is 12.0 Å². The van der Waals surface area contributed by atoms with E-state index < -0.39 is 0 Å². The normalized spacial score (nSPS) is 11.0. The van der Waals surface area contributed by atoms with Gasteiger partial charge < -0.3 is 10.4 Å². The van der Waals surface area contributed by atoms with Gasteiger partial charge in [-0.15, -0.1) is 0 Å². The number of hydrogen-bond acceptors (Lipinski definition) is 3. The van der Waals surface area contributed by atoms with Gasteiger partial charge in [-0.05, 0) is 6.92 Å². The molecule has 2 N–H and O–H groups in total. The molecule has 46 valence electrons. The molecule has 3 heteroatoms. The number of rotatable bonds is 2. The van der Waals surface area contributed by atoms with Crippen molar-refractivity contribution in [1.29, 1.82) is 0 Å². The van der Waals surface area contributed by atoms with Crippen LogP contribution in [-0.2, 0) is 4.79 Å². The minimum absolute atomic E-state index is 0.0995. The molecule has 0 fully saturated rings. The molecule has 3 nitrogen and oxygen atoms in total. The Kier molecular flexibility index (Phi) is 2.69. The van der Waals surface area contributed by atoms with Crippen LogP contribution in [0, 0.1) is 0 Å². The van der Waals surface area contributed by atoms with Crippen molar-refractivity contribution in [3.8, 4) is 0 Å². The lowest BCUT2D eigenvalue weighted by molar-refractivity contribution is -0.112. The summed E-state index contributed by atoms with van der Waals surface area (Å²) in [5, 5.41) is 10.9. The van der Waals surface area contributed by atoms with E-state index in [9.17, 15) is 4.79 Å². The molecule has 0 rings (SSSR count). The number of ketones is 1. The van der Waals surface area contributed by atoms with Crippen molar-refractivity contribution in [1.82, 2.24) is 5.32 Å². The third kappa shape index (κ3) is 3.21. The molecular formula is C5H9NO2. The first kappa shape index (κ1) is 7.01. The summed E-state index contributed by atoms with van der Waals surface area (Å²) in [6.45, 7) is 1.37. The monoisotopic (exact) mass is 115 g/mol. The molecule has 0 amide bonds. The Bertz CT molecular complexity index is 118. The Morgan fingerprint density at radius 2 is 2.25 bits per heavy atom. The van der Waals surface area contributed by atoms with Crippen LogP contribution >= 0.6 is 0 Å². The van der Waals surface area contributed by atoms with Gasteiger partial charge in [-0.25, -0.2) is 0 Å². The SMILES string of the molecule is CN/C(O)=C/C(C)=O. The average molecular weight is 115 g/mol. The molecule has 0 aliphatic carbocycles. The Labute approximate surface area is 48.0 Å². The summed E-state index contributed by atoms with van der Waals surface area (Å²) >= 11 is 0. The van der Waals surface area contributed by atoms with Gasteiger partial charge in [-0.3, -0.25) is 4.79 Å². The zero-order chi connectivity index (χ0) is 6.57. The molecule has 0 heterocycles. The van der Waals surface area contributed by atoms with Crippen LogP contribution in [0.25, 0.3) is 0 Å². The Morgan fingerprint density at radius 1 is 1.75 bits per heavy atom. The highest BCUT2D eigenvalue weighted by atomic mass is 16.3. The smallest absolute Gasteiger partial charge is 0.187 e. The van der Waals surface area contributed by atoms with Crippen molar-refractivity contribution >= 4 is 5.78 Å². The molecule has 0 aromatic carbocycles. The lowest BCUT2D eigenvalue weighted by Crippen LogP contribution is -2.05. The summed E-state index contributed by atoms with van der Waals surface area (Å²) < 4.78 is 0. The van der Waals surface area contributed by atoms with Crippen molar-refractivity contribution in [3.63, 3.8) is 0 Å². The lowest BCUT2D eigenvalue weighted by atomic mass is 10.4. The third-order valence-corrected chi connectivity index (χ3v) is 0.596. The summed E-state index contributed by atoms with van der Waals surface area (Å²) in [7, 11) is 1.54. The van der Waals surface area contributed by atoms with E-state index in [4.69, 9.17) is 5.11 Å². The number of hydrogen-bond donors (Lipinski definition) is 2. The van der Waals surface area contributed by atoms with E-state index >= 15 is 0 Å². The molecule has 0 bridgehead atoms. The van der Waals surface area contributed by atoms with Gasteiger partial charge in [-0.1, -0.05) is 0 Å². The fourth-order valence-electron chi connectivity index (χ4n) is 0.265. The molecule has 0 atom stereocenters. The molecule has 0 unspecified atom stereocenters. The quantitative estimate of drug-likeness (QED) is 0.399. The maximum atomic E-state index is 10.1. The van der Waals surface area contributed by atoms with E-state index in [0.717, 1.165) is 6.08 Å². The van der Waals surface area contributed by atoms with E-state index in [1.165, 1.54) is 14.0 Å². The number of nitrogens with one attached hydrogen (secondary N) is 1. The second-order valence-corrected chi connectivity index (χ2v) is 1.39. The first-order valence-electron chi connectivity index (χ1n) is 2.26. The van der Waals surface area contributed by atoms with E-state index in [2.05, 4.69) is 5.32 Å². The molecule has 0 radical (unpaired) electrons. The zero-order valence-electron chi connectivity index (χ0n) is 4.93. The van der Waals surface area contributed by atoms with Gasteiger partial charge in [0.25, 0.3) is 0 Å². The first-order valence-corrected chi connectivity index (χ1v) is 2.26. The van der Waals surface area contributed by atoms with E-state index in [-0.39, 0.29) is 11.7 Å². The van der Waals surface area contributed by atoms with E-state index in [1.807, 2.05) is 0 Å². The van der Waals surface area contributed by atoms with Crippen LogP contribution in [0.15, 0.2) is 12.0 Å². The van der Waals surface area contributed by atoms with Crippen molar-refractivity contribution in [2.75, 3.05) is 7.05 Å². The fourth-order valence-corrected chi connectivity index (χ4v) is 0.265. The number of aliphatic hydroxyl groups excluding tert-OH is 1. The number of aliphatic hydroxyl groups is 1. The Morgan fingerprint density at radius 3 is 2.38 bits per heavy atom. The van der Waals surface area contributed by atoms with Gasteiger partial charge in [0.2, 0.25) is 0 Å². The van der Waals surface area contributed by atoms with Crippen molar-refractivity contribution < 1.29 is 9.90 Å². The number of carbonyl (C=O) groups is 1. The first-order chi connectivity index (χ1) is 3.66. The van der Waals surface area contributed by atoms with Crippen LogP contribution in [0.1, 0.15) is 6.92 Å². The zero-order valence-corrected chi connectivity index (χ0v) is 4.93. The molecule has 0 aromatic rings. The summed E-state index contributed by atoms with van der Waals surface area (Å²) in [6.07, 6.45) is 1.11. The molecule has 0 aliphatic rings. The predicted octanol–water partition coefficient (Wildman–Crippen LogP) is 0.194. The van der Waals surface area contributed by atoms with Crippen molar-refractivity contribution in [2.24, 2.45) is 0 Å². The van der Waals surface area contributed by atoms with Crippen molar-refractivity contribution in [2.45, 2.75) is 6.92 Å². The van der Waals surface area contributed by atoms with Gasteiger partial charge in [-0.2, -0.15) is 0 Å². The minimum atomic E-state index is -0.170. The van der Waals surface area contributed by atoms with Crippen LogP contribution in [-0.4, -0.2) is 17.9 Å². The highest BCUT2D eigenvalue weighted by Crippen LogP contribution is 1.78. The summed E-state index contributed by atoms with van der Waals surface area (Å²) in [6, 6.07) is 0. The van der Waals surface area contributed by atoms with E-state index in [1.54, 1.807) is 0 Å². The number of allylic oxidation sites excluding steroid dienone is 1. The Hall–Kier alpha value is -0.990. The maximum absolute atomic E-state index is 10.1. The van der Waals surface area contributed by atoms with Gasteiger partial charge in [0, 0.05) is 13.1 Å². The van der Waals surface area contributed by atoms with Crippen LogP contribution in [0.5, 0.6) is 0 Å². The molecular weight excluding hydrogens is 106 g/mol. The predicted molar refractivity (Wildman–Crippen MR) is 30.5 cm³/mol. The van der Waals surface area contributed by atoms with E-state index in [0.29, 0.717) is 0 Å². The second kappa shape index (κ2) is 3.07. The molecule has 8 heavy (non-hydrogen) atoms. The largest absolute Gasteiger partial charge is 0.495 e. The maximum Gasteiger partial charge on any atom is 0.187 e. The summed E-state index contributed by atoms with van der Waals surface area (Å²) in [4.78, 5) is 10.1. The third-order valence-electron chi connectivity index (χ3n) is 0.596. The highest BCUT2D eigenvalue weighted by Gasteiger charge is 1.87. The van der Waals surface area contributed by atoms with Gasteiger partial charge in [0.05, 0.1) is 0 Å². The summed E-state index contributed by atoms with van der Waals surface area (Å²) in [5.74, 6) is -0.269. The highest BCUT2D eigenvalue weighted by molar-refractivity contribution is 5.87. The standard InChI is InChI=1S/C5H9NO2/c1-4(7)3-5(8)6-2/h3,6,8H,1-2H3/b5-3-. The molecule has 0 saturated carbocycles. The fraction of sp³-hybridized carbons (Fsp3) is 0.400. The lowest BCUT2D eigenvalue weighted by Gasteiger charge is -1.91. The molecule has 0 saturated heterocycles.